The summed E-state index contributed by atoms with van der Waals surface area (Å²) in [7, 11) is 0. The molecule has 1 unspecified atom stereocenters. The van der Waals surface area contributed by atoms with E-state index in [9.17, 15) is 22.7 Å². The number of rotatable bonds is 2. The van der Waals surface area contributed by atoms with E-state index < -0.39 is 24.5 Å². The first-order valence-electron chi connectivity index (χ1n) is 4.30. The summed E-state index contributed by atoms with van der Waals surface area (Å²) in [5, 5.41) is 9.18. The lowest BCUT2D eigenvalue weighted by Gasteiger charge is -2.13. The van der Waals surface area contributed by atoms with Gasteiger partial charge in [-0.05, 0) is 24.1 Å². The van der Waals surface area contributed by atoms with Crippen molar-refractivity contribution in [2.24, 2.45) is 0 Å². The van der Waals surface area contributed by atoms with Crippen molar-refractivity contribution in [1.82, 2.24) is 0 Å². The number of hydrogen-bond acceptors (Lipinski definition) is 1. The van der Waals surface area contributed by atoms with E-state index in [1.165, 1.54) is 19.1 Å². The van der Waals surface area contributed by atoms with Crippen LogP contribution in [0.3, 0.4) is 0 Å². The topological polar surface area (TPSA) is 20.2 Å². The molecule has 0 saturated carbocycles. The van der Waals surface area contributed by atoms with Gasteiger partial charge in [-0.1, -0.05) is 12.1 Å². The first-order valence-corrected chi connectivity index (χ1v) is 4.30. The van der Waals surface area contributed by atoms with Gasteiger partial charge in [0, 0.05) is 0 Å². The Morgan fingerprint density at radius 3 is 2.40 bits per heavy atom. The summed E-state index contributed by atoms with van der Waals surface area (Å²) in [5.74, 6) is -0.617. The van der Waals surface area contributed by atoms with Crippen molar-refractivity contribution in [3.05, 3.63) is 35.1 Å². The van der Waals surface area contributed by atoms with Crippen LogP contribution in [-0.4, -0.2) is 11.3 Å². The SMILES string of the molecule is Cc1ccc(C(O)CC(F)(F)F)cc1F. The Morgan fingerprint density at radius 2 is 1.93 bits per heavy atom. The zero-order chi connectivity index (χ0) is 11.6. The molecule has 1 atom stereocenters. The molecule has 1 N–H and O–H groups in total. The molecule has 5 heteroatoms. The molecule has 0 radical (unpaired) electrons. The molecule has 15 heavy (non-hydrogen) atoms. The molecule has 1 nitrogen and oxygen atoms in total. The molecule has 84 valence electrons. The Labute approximate surface area is 84.3 Å². The Hall–Kier alpha value is -1.10. The van der Waals surface area contributed by atoms with Gasteiger partial charge in [0.2, 0.25) is 0 Å². The number of benzene rings is 1. The van der Waals surface area contributed by atoms with Crippen LogP contribution in [-0.2, 0) is 0 Å². The van der Waals surface area contributed by atoms with Crippen LogP contribution < -0.4 is 0 Å². The van der Waals surface area contributed by atoms with Gasteiger partial charge in [0.1, 0.15) is 5.82 Å². The van der Waals surface area contributed by atoms with Crippen molar-refractivity contribution in [1.29, 1.82) is 0 Å². The fourth-order valence-electron chi connectivity index (χ4n) is 1.15. The predicted molar refractivity (Wildman–Crippen MR) is 46.8 cm³/mol. The van der Waals surface area contributed by atoms with E-state index in [0.29, 0.717) is 5.56 Å². The van der Waals surface area contributed by atoms with Crippen molar-refractivity contribution >= 4 is 0 Å². The van der Waals surface area contributed by atoms with Crippen molar-refractivity contribution in [2.75, 3.05) is 0 Å². The number of aliphatic hydroxyl groups excluding tert-OH is 1. The molecule has 1 rings (SSSR count). The standard InChI is InChI=1S/C10H10F4O/c1-6-2-3-7(4-8(6)11)9(15)5-10(12,13)14/h2-4,9,15H,5H2,1H3. The van der Waals surface area contributed by atoms with Crippen LogP contribution in [0.15, 0.2) is 18.2 Å². The fourth-order valence-corrected chi connectivity index (χ4v) is 1.15. The monoisotopic (exact) mass is 222 g/mol. The number of alkyl halides is 3. The summed E-state index contributed by atoms with van der Waals surface area (Å²) in [6.07, 6.45) is -7.53. The van der Waals surface area contributed by atoms with Gasteiger partial charge in [-0.15, -0.1) is 0 Å². The van der Waals surface area contributed by atoms with Gasteiger partial charge in [0.15, 0.2) is 0 Å². The molecule has 1 aromatic rings. The largest absolute Gasteiger partial charge is 0.391 e. The van der Waals surface area contributed by atoms with Gasteiger partial charge < -0.3 is 5.11 Å². The first-order chi connectivity index (χ1) is 6.79. The Bertz CT molecular complexity index is 346. The quantitative estimate of drug-likeness (QED) is 0.762. The molecular weight excluding hydrogens is 212 g/mol. The molecular formula is C10H10F4O. The normalized spacial score (nSPS) is 14.0. The lowest BCUT2D eigenvalue weighted by molar-refractivity contribution is -0.154. The van der Waals surface area contributed by atoms with Crippen LogP contribution in [0.1, 0.15) is 23.7 Å². The zero-order valence-electron chi connectivity index (χ0n) is 7.98. The van der Waals surface area contributed by atoms with E-state index in [1.807, 2.05) is 0 Å². The molecule has 1 aromatic carbocycles. The maximum Gasteiger partial charge on any atom is 0.391 e. The fraction of sp³-hybridized carbons (Fsp3) is 0.400. The van der Waals surface area contributed by atoms with Crippen LogP contribution >= 0.6 is 0 Å². The minimum atomic E-state index is -4.46. The Morgan fingerprint density at radius 1 is 1.33 bits per heavy atom. The number of aliphatic hydroxyl groups is 1. The van der Waals surface area contributed by atoms with Gasteiger partial charge in [-0.2, -0.15) is 13.2 Å². The van der Waals surface area contributed by atoms with Crippen LogP contribution in [0.5, 0.6) is 0 Å². The highest BCUT2D eigenvalue weighted by Crippen LogP contribution is 2.29. The van der Waals surface area contributed by atoms with E-state index in [1.54, 1.807) is 0 Å². The zero-order valence-corrected chi connectivity index (χ0v) is 7.98. The molecule has 0 bridgehead atoms. The van der Waals surface area contributed by atoms with Crippen molar-refractivity contribution in [2.45, 2.75) is 25.6 Å². The second-order valence-corrected chi connectivity index (χ2v) is 3.34. The number of aryl methyl sites for hydroxylation is 1. The molecule has 0 aromatic heterocycles. The molecule has 0 amide bonds. The third-order valence-electron chi connectivity index (χ3n) is 2.01. The molecule has 0 saturated heterocycles. The van der Waals surface area contributed by atoms with E-state index in [2.05, 4.69) is 0 Å². The van der Waals surface area contributed by atoms with Crippen molar-refractivity contribution in [3.63, 3.8) is 0 Å². The van der Waals surface area contributed by atoms with E-state index in [-0.39, 0.29) is 5.56 Å². The predicted octanol–water partition coefficient (Wildman–Crippen LogP) is 3.12. The average Bonchev–Trinajstić information content (AvgIpc) is 2.06. The Kier molecular flexibility index (Phi) is 3.34. The summed E-state index contributed by atoms with van der Waals surface area (Å²) in [6.45, 7) is 1.50. The molecule has 0 fully saturated rings. The van der Waals surface area contributed by atoms with Gasteiger partial charge >= 0.3 is 6.18 Å². The maximum atomic E-state index is 13.0. The highest BCUT2D eigenvalue weighted by Gasteiger charge is 2.31. The maximum absolute atomic E-state index is 13.0. The summed E-state index contributed by atoms with van der Waals surface area (Å²) >= 11 is 0. The lowest BCUT2D eigenvalue weighted by Crippen LogP contribution is -2.13. The summed E-state index contributed by atoms with van der Waals surface area (Å²) < 4.78 is 48.7. The van der Waals surface area contributed by atoms with Gasteiger partial charge in [-0.3, -0.25) is 0 Å². The summed E-state index contributed by atoms with van der Waals surface area (Å²) in [4.78, 5) is 0. The second kappa shape index (κ2) is 4.18. The number of hydrogen-bond donors (Lipinski definition) is 1. The number of halogens is 4. The van der Waals surface area contributed by atoms with Gasteiger partial charge in [0.25, 0.3) is 0 Å². The smallest absolute Gasteiger partial charge is 0.388 e. The molecule has 0 aliphatic carbocycles. The van der Waals surface area contributed by atoms with Crippen LogP contribution in [0, 0.1) is 12.7 Å². The second-order valence-electron chi connectivity index (χ2n) is 3.34. The van der Waals surface area contributed by atoms with E-state index in [4.69, 9.17) is 0 Å². The van der Waals surface area contributed by atoms with Crippen molar-refractivity contribution in [3.8, 4) is 0 Å². The van der Waals surface area contributed by atoms with Gasteiger partial charge in [-0.25, -0.2) is 4.39 Å². The highest BCUT2D eigenvalue weighted by molar-refractivity contribution is 5.24. The first kappa shape index (κ1) is 12.0. The molecule has 0 spiro atoms. The summed E-state index contributed by atoms with van der Waals surface area (Å²) in [5.41, 5.74) is 0.272. The molecule has 0 heterocycles. The average molecular weight is 222 g/mol. The van der Waals surface area contributed by atoms with E-state index in [0.717, 1.165) is 6.07 Å². The third-order valence-corrected chi connectivity index (χ3v) is 2.01. The molecule has 0 aliphatic rings. The third kappa shape index (κ3) is 3.51. The Balaban J connectivity index is 2.83. The minimum Gasteiger partial charge on any atom is -0.388 e. The van der Waals surface area contributed by atoms with Gasteiger partial charge in [0.05, 0.1) is 12.5 Å². The van der Waals surface area contributed by atoms with Crippen LogP contribution in [0.4, 0.5) is 17.6 Å². The highest BCUT2D eigenvalue weighted by atomic mass is 19.4. The summed E-state index contributed by atoms with van der Waals surface area (Å²) in [6, 6.07) is 3.55. The lowest BCUT2D eigenvalue weighted by atomic mass is 10.0. The van der Waals surface area contributed by atoms with Crippen LogP contribution in [0.25, 0.3) is 0 Å². The van der Waals surface area contributed by atoms with E-state index >= 15 is 0 Å². The van der Waals surface area contributed by atoms with Crippen LogP contribution in [0.2, 0.25) is 0 Å². The molecule has 0 aliphatic heterocycles. The minimum absolute atomic E-state index is 0.0598. The van der Waals surface area contributed by atoms with Crippen molar-refractivity contribution < 1.29 is 22.7 Å².